The van der Waals surface area contributed by atoms with Crippen LogP contribution < -0.4 is 11.1 Å². The first-order valence-corrected chi connectivity index (χ1v) is 7.39. The van der Waals surface area contributed by atoms with Gasteiger partial charge in [-0.3, -0.25) is 10.1 Å². The lowest BCUT2D eigenvalue weighted by atomic mass is 10.0. The topological polar surface area (TPSA) is 109 Å². The molecule has 2 bridgehead atoms. The van der Waals surface area contributed by atoms with Gasteiger partial charge in [0.2, 0.25) is 0 Å². The fourth-order valence-electron chi connectivity index (χ4n) is 3.10. The average molecular weight is 296 g/mol. The van der Waals surface area contributed by atoms with E-state index in [0.29, 0.717) is 17.8 Å². The number of amides is 3. The summed E-state index contributed by atoms with van der Waals surface area (Å²) in [6, 6.07) is 0.0173. The van der Waals surface area contributed by atoms with Crippen molar-refractivity contribution in [3.63, 3.8) is 0 Å². The number of nitrogens with two attached hydrogens (primary N) is 1. The SMILES string of the molecule is NC(=O)c1ncc(NC(=O)N2[C@@H]3CC[C@H]2CC(O)C3)s1. The van der Waals surface area contributed by atoms with Crippen molar-refractivity contribution in [1.29, 1.82) is 0 Å². The van der Waals surface area contributed by atoms with Gasteiger partial charge in [0.1, 0.15) is 5.00 Å². The molecule has 4 N–H and O–H groups in total. The number of fused-ring (bicyclic) bond motifs is 2. The Morgan fingerprint density at radius 2 is 2.05 bits per heavy atom. The van der Waals surface area contributed by atoms with Crippen molar-refractivity contribution in [3.8, 4) is 0 Å². The first kappa shape index (κ1) is 13.3. The molecular formula is C12H16N4O3S. The summed E-state index contributed by atoms with van der Waals surface area (Å²) in [5.74, 6) is -0.600. The van der Waals surface area contributed by atoms with E-state index in [-0.39, 0.29) is 29.2 Å². The molecule has 0 radical (unpaired) electrons. The smallest absolute Gasteiger partial charge is 0.323 e. The van der Waals surface area contributed by atoms with Crippen molar-refractivity contribution in [3.05, 3.63) is 11.2 Å². The fourth-order valence-corrected chi connectivity index (χ4v) is 3.75. The zero-order valence-electron chi connectivity index (χ0n) is 10.8. The number of aliphatic hydroxyl groups is 1. The number of thiazole rings is 1. The van der Waals surface area contributed by atoms with Gasteiger partial charge in [0, 0.05) is 12.1 Å². The Morgan fingerprint density at radius 1 is 1.40 bits per heavy atom. The Labute approximate surface area is 119 Å². The monoisotopic (exact) mass is 296 g/mol. The summed E-state index contributed by atoms with van der Waals surface area (Å²) >= 11 is 1.06. The van der Waals surface area contributed by atoms with E-state index in [0.717, 1.165) is 24.2 Å². The highest BCUT2D eigenvalue weighted by Crippen LogP contribution is 2.36. The standard InChI is InChI=1S/C12H16N4O3S/c13-10(18)11-14-5-9(20-11)15-12(19)16-6-1-2-7(16)4-8(17)3-6/h5-8,17H,1-4H2,(H2,13,18)(H,15,19)/t6-,7+,8?. The summed E-state index contributed by atoms with van der Waals surface area (Å²) in [5, 5.41) is 13.2. The van der Waals surface area contributed by atoms with Gasteiger partial charge >= 0.3 is 6.03 Å². The third-order valence-electron chi connectivity index (χ3n) is 3.89. The van der Waals surface area contributed by atoms with Gasteiger partial charge in [-0.25, -0.2) is 9.78 Å². The van der Waals surface area contributed by atoms with Crippen LogP contribution in [0.15, 0.2) is 6.20 Å². The maximum absolute atomic E-state index is 12.3. The fraction of sp³-hybridized carbons (Fsp3) is 0.583. The van der Waals surface area contributed by atoms with Crippen LogP contribution >= 0.6 is 11.3 Å². The van der Waals surface area contributed by atoms with Crippen molar-refractivity contribution >= 4 is 28.3 Å². The molecule has 7 nitrogen and oxygen atoms in total. The molecule has 20 heavy (non-hydrogen) atoms. The van der Waals surface area contributed by atoms with Crippen LogP contribution in [0.3, 0.4) is 0 Å². The van der Waals surface area contributed by atoms with Crippen LogP contribution in [0.4, 0.5) is 9.80 Å². The zero-order chi connectivity index (χ0) is 14.3. The number of aromatic nitrogens is 1. The summed E-state index contributed by atoms with van der Waals surface area (Å²) in [5.41, 5.74) is 5.13. The highest BCUT2D eigenvalue weighted by atomic mass is 32.1. The predicted octanol–water partition coefficient (Wildman–Crippen LogP) is 0.762. The van der Waals surface area contributed by atoms with Crippen LogP contribution in [0.1, 0.15) is 35.5 Å². The number of hydrogen-bond acceptors (Lipinski definition) is 5. The molecule has 0 saturated carbocycles. The van der Waals surface area contributed by atoms with Crippen LogP contribution in [0.25, 0.3) is 0 Å². The largest absolute Gasteiger partial charge is 0.393 e. The van der Waals surface area contributed by atoms with Crippen molar-refractivity contribution in [2.24, 2.45) is 5.73 Å². The number of piperidine rings is 1. The molecule has 3 rings (SSSR count). The maximum Gasteiger partial charge on any atom is 0.323 e. The van der Waals surface area contributed by atoms with Crippen LogP contribution in [-0.4, -0.2) is 45.1 Å². The molecule has 8 heteroatoms. The normalized spacial score (nSPS) is 28.4. The van der Waals surface area contributed by atoms with Gasteiger partial charge in [-0.2, -0.15) is 0 Å². The van der Waals surface area contributed by atoms with Crippen LogP contribution in [-0.2, 0) is 0 Å². The molecule has 0 aliphatic carbocycles. The van der Waals surface area contributed by atoms with E-state index in [4.69, 9.17) is 5.73 Å². The maximum atomic E-state index is 12.3. The Morgan fingerprint density at radius 3 is 2.60 bits per heavy atom. The minimum Gasteiger partial charge on any atom is -0.393 e. The molecule has 3 amide bonds. The number of hydrogen-bond donors (Lipinski definition) is 3. The molecule has 3 heterocycles. The average Bonchev–Trinajstić information content (AvgIpc) is 2.93. The molecule has 108 valence electrons. The Hall–Kier alpha value is -1.67. The lowest BCUT2D eigenvalue weighted by Gasteiger charge is -2.36. The zero-order valence-corrected chi connectivity index (χ0v) is 11.6. The van der Waals surface area contributed by atoms with Gasteiger partial charge in [0.15, 0.2) is 5.01 Å². The first-order chi connectivity index (χ1) is 9.54. The van der Waals surface area contributed by atoms with E-state index in [1.54, 1.807) is 0 Å². The minimum atomic E-state index is -0.600. The molecule has 2 aliphatic heterocycles. The van der Waals surface area contributed by atoms with E-state index >= 15 is 0 Å². The summed E-state index contributed by atoms with van der Waals surface area (Å²) < 4.78 is 0. The summed E-state index contributed by atoms with van der Waals surface area (Å²) in [6.45, 7) is 0. The van der Waals surface area contributed by atoms with Gasteiger partial charge < -0.3 is 15.7 Å². The second kappa shape index (κ2) is 5.02. The van der Waals surface area contributed by atoms with E-state index in [9.17, 15) is 14.7 Å². The lowest BCUT2D eigenvalue weighted by Crippen LogP contribution is -2.49. The number of anilines is 1. The third-order valence-corrected chi connectivity index (χ3v) is 4.82. The van der Waals surface area contributed by atoms with Crippen LogP contribution in [0, 0.1) is 0 Å². The number of carbonyl (C=O) groups is 2. The molecule has 1 aromatic rings. The Kier molecular flexibility index (Phi) is 3.35. The molecule has 3 atom stereocenters. The van der Waals surface area contributed by atoms with Crippen molar-refractivity contribution in [1.82, 2.24) is 9.88 Å². The number of aliphatic hydroxyl groups excluding tert-OH is 1. The molecule has 0 aromatic carbocycles. The second-order valence-corrected chi connectivity index (χ2v) is 6.27. The van der Waals surface area contributed by atoms with E-state index in [1.165, 1.54) is 6.20 Å². The second-order valence-electron chi connectivity index (χ2n) is 5.24. The molecule has 2 fully saturated rings. The van der Waals surface area contributed by atoms with E-state index < -0.39 is 5.91 Å². The molecule has 2 aliphatic rings. The molecular weight excluding hydrogens is 280 g/mol. The molecule has 0 spiro atoms. The molecule has 2 saturated heterocycles. The van der Waals surface area contributed by atoms with Gasteiger partial charge in [-0.15, -0.1) is 0 Å². The minimum absolute atomic E-state index is 0.104. The Balaban J connectivity index is 1.69. The Bertz CT molecular complexity index is 533. The third kappa shape index (κ3) is 2.36. The summed E-state index contributed by atoms with van der Waals surface area (Å²) in [7, 11) is 0. The summed E-state index contributed by atoms with van der Waals surface area (Å²) in [6.07, 6.45) is 4.28. The van der Waals surface area contributed by atoms with E-state index in [2.05, 4.69) is 10.3 Å². The number of carbonyl (C=O) groups excluding carboxylic acids is 2. The lowest BCUT2D eigenvalue weighted by molar-refractivity contribution is 0.0580. The first-order valence-electron chi connectivity index (χ1n) is 6.57. The van der Waals surface area contributed by atoms with Crippen molar-refractivity contribution < 1.29 is 14.7 Å². The highest BCUT2D eigenvalue weighted by Gasteiger charge is 2.42. The summed E-state index contributed by atoms with van der Waals surface area (Å²) in [4.78, 5) is 28.9. The van der Waals surface area contributed by atoms with Gasteiger partial charge in [0.05, 0.1) is 12.3 Å². The van der Waals surface area contributed by atoms with Crippen LogP contribution in [0.5, 0.6) is 0 Å². The number of urea groups is 1. The number of primary amides is 1. The van der Waals surface area contributed by atoms with Crippen molar-refractivity contribution in [2.45, 2.75) is 43.9 Å². The number of rotatable bonds is 2. The van der Waals surface area contributed by atoms with Gasteiger partial charge in [0.25, 0.3) is 5.91 Å². The number of nitrogens with zero attached hydrogens (tertiary/aromatic N) is 2. The quantitative estimate of drug-likeness (QED) is 0.748. The van der Waals surface area contributed by atoms with Gasteiger partial charge in [-0.05, 0) is 25.7 Å². The molecule has 1 unspecified atom stereocenters. The van der Waals surface area contributed by atoms with Gasteiger partial charge in [-0.1, -0.05) is 11.3 Å². The number of nitrogens with one attached hydrogen (secondary N) is 1. The van der Waals surface area contributed by atoms with Crippen molar-refractivity contribution in [2.75, 3.05) is 5.32 Å². The highest BCUT2D eigenvalue weighted by molar-refractivity contribution is 7.17. The van der Waals surface area contributed by atoms with Crippen LogP contribution in [0.2, 0.25) is 0 Å². The molecule has 1 aromatic heterocycles. The van der Waals surface area contributed by atoms with E-state index in [1.807, 2.05) is 4.90 Å². The predicted molar refractivity (Wildman–Crippen MR) is 73.5 cm³/mol.